The highest BCUT2D eigenvalue weighted by Gasteiger charge is 2.35. The van der Waals surface area contributed by atoms with E-state index in [2.05, 4.69) is 12.2 Å². The van der Waals surface area contributed by atoms with E-state index in [0.29, 0.717) is 24.9 Å². The highest BCUT2D eigenvalue weighted by molar-refractivity contribution is 5.72. The molecule has 4 atom stereocenters. The second kappa shape index (κ2) is 4.97. The molecule has 0 aliphatic heterocycles. The maximum atomic E-state index is 10.5. The summed E-state index contributed by atoms with van der Waals surface area (Å²) in [6.45, 7) is 1.20. The monoisotopic (exact) mass is 225 g/mol. The third-order valence-electron chi connectivity index (χ3n) is 3.64. The third kappa shape index (κ3) is 2.62. The number of carbonyl (C=O) groups is 1. The van der Waals surface area contributed by atoms with E-state index in [1.807, 2.05) is 0 Å². The van der Waals surface area contributed by atoms with E-state index in [-0.39, 0.29) is 0 Å². The number of carboxylic acids is 1. The molecule has 0 aromatic rings. The molecule has 0 saturated heterocycles. The minimum Gasteiger partial charge on any atom is -0.480 e. The normalized spacial score (nSPS) is 33.2. The summed E-state index contributed by atoms with van der Waals surface area (Å²) in [6, 6.07) is -0.792. The van der Waals surface area contributed by atoms with Crippen LogP contribution in [0.3, 0.4) is 0 Å². The van der Waals surface area contributed by atoms with Gasteiger partial charge in [-0.25, -0.2) is 0 Å². The molecule has 4 heteroatoms. The maximum Gasteiger partial charge on any atom is 0.320 e. The van der Waals surface area contributed by atoms with Gasteiger partial charge in [0, 0.05) is 13.2 Å². The molecule has 0 aromatic carbocycles. The van der Waals surface area contributed by atoms with Crippen LogP contribution in [0, 0.1) is 17.8 Å². The van der Waals surface area contributed by atoms with Crippen molar-refractivity contribution < 1.29 is 14.6 Å². The molecule has 0 radical (unpaired) electrons. The molecule has 1 saturated carbocycles. The first-order valence-electron chi connectivity index (χ1n) is 5.91. The Hall–Kier alpha value is -0.870. The van der Waals surface area contributed by atoms with E-state index in [1.165, 1.54) is 12.8 Å². The van der Waals surface area contributed by atoms with Gasteiger partial charge in [-0.3, -0.25) is 4.79 Å². The predicted molar refractivity (Wildman–Crippen MR) is 59.9 cm³/mol. The molecule has 0 heterocycles. The molecule has 90 valence electrons. The fraction of sp³-hybridized carbons (Fsp3) is 0.750. The number of carboxylic acid groups (broad SMARTS) is 1. The molecule has 2 aliphatic carbocycles. The van der Waals surface area contributed by atoms with Crippen LogP contribution in [-0.2, 0) is 9.53 Å². The first-order chi connectivity index (χ1) is 7.66. The lowest BCUT2D eigenvalue weighted by Crippen LogP contribution is -2.31. The second-order valence-corrected chi connectivity index (χ2v) is 4.85. The maximum absolute atomic E-state index is 10.5. The predicted octanol–water partition coefficient (Wildman–Crippen LogP) is 1.02. The molecule has 2 rings (SSSR count). The lowest BCUT2D eigenvalue weighted by Gasteiger charge is -2.18. The van der Waals surface area contributed by atoms with E-state index in [9.17, 15) is 4.79 Å². The first-order valence-corrected chi connectivity index (χ1v) is 5.91. The van der Waals surface area contributed by atoms with Crippen LogP contribution in [0.4, 0.5) is 0 Å². The number of hydrogen-bond acceptors (Lipinski definition) is 3. The minimum atomic E-state index is -0.952. The minimum absolute atomic E-state index is 0.395. The summed E-state index contributed by atoms with van der Waals surface area (Å²) < 4.78 is 5.51. The van der Waals surface area contributed by atoms with Crippen LogP contribution in [0.5, 0.6) is 0 Å². The van der Waals surface area contributed by atoms with Crippen molar-refractivity contribution in [1.29, 1.82) is 0 Å². The largest absolute Gasteiger partial charge is 0.480 e. The highest BCUT2D eigenvalue weighted by atomic mass is 16.5. The Kier molecular flexibility index (Phi) is 3.61. The number of rotatable bonds is 6. The van der Waals surface area contributed by atoms with E-state index < -0.39 is 12.0 Å². The van der Waals surface area contributed by atoms with Gasteiger partial charge in [0.1, 0.15) is 6.04 Å². The van der Waals surface area contributed by atoms with Gasteiger partial charge in [0.25, 0.3) is 0 Å². The Balaban J connectivity index is 1.59. The van der Waals surface area contributed by atoms with Gasteiger partial charge in [0.05, 0.1) is 0 Å². The zero-order valence-electron chi connectivity index (χ0n) is 9.34. The van der Waals surface area contributed by atoms with E-state index >= 15 is 0 Å². The van der Waals surface area contributed by atoms with Crippen LogP contribution in [0.25, 0.3) is 0 Å². The fourth-order valence-corrected chi connectivity index (χ4v) is 2.65. The molecule has 0 aromatic heterocycles. The lowest BCUT2D eigenvalue weighted by atomic mass is 9.95. The average molecular weight is 225 g/mol. The van der Waals surface area contributed by atoms with Gasteiger partial charge in [-0.1, -0.05) is 12.2 Å². The van der Waals surface area contributed by atoms with Crippen molar-refractivity contribution in [3.05, 3.63) is 12.2 Å². The number of hydrogen-bond donors (Lipinski definition) is 2. The Morgan fingerprint density at radius 2 is 2.31 bits per heavy atom. The summed E-state index contributed by atoms with van der Waals surface area (Å²) in [5.41, 5.74) is 5.38. The van der Waals surface area contributed by atoms with Crippen LogP contribution in [-0.4, -0.2) is 30.3 Å². The molecule has 3 unspecified atom stereocenters. The topological polar surface area (TPSA) is 72.5 Å². The zero-order valence-corrected chi connectivity index (χ0v) is 9.34. The average Bonchev–Trinajstić information content (AvgIpc) is 2.85. The first kappa shape index (κ1) is 11.6. The lowest BCUT2D eigenvalue weighted by molar-refractivity contribution is -0.139. The second-order valence-electron chi connectivity index (χ2n) is 4.85. The summed E-state index contributed by atoms with van der Waals surface area (Å²) in [5, 5.41) is 8.59. The van der Waals surface area contributed by atoms with Crippen LogP contribution in [0.15, 0.2) is 12.2 Å². The van der Waals surface area contributed by atoms with E-state index in [1.54, 1.807) is 0 Å². The quantitative estimate of drug-likeness (QED) is 0.523. The van der Waals surface area contributed by atoms with Crippen molar-refractivity contribution in [3.8, 4) is 0 Å². The molecule has 16 heavy (non-hydrogen) atoms. The molecule has 1 fully saturated rings. The van der Waals surface area contributed by atoms with Gasteiger partial charge >= 0.3 is 5.97 Å². The Morgan fingerprint density at radius 3 is 2.88 bits per heavy atom. The van der Waals surface area contributed by atoms with Crippen molar-refractivity contribution >= 4 is 5.97 Å². The Bertz CT molecular complexity index is 290. The molecular formula is C12H19NO3. The molecular weight excluding hydrogens is 206 g/mol. The standard InChI is InChI=1S/C12H19NO3/c13-11(12(14)15)3-4-16-7-10-6-8-1-2-9(10)5-8/h1-2,8-11H,3-7,13H2,(H,14,15)/t8?,9?,10?,11-/m0/s1. The zero-order chi connectivity index (χ0) is 11.5. The van der Waals surface area contributed by atoms with Crippen LogP contribution < -0.4 is 5.73 Å². The van der Waals surface area contributed by atoms with Crippen molar-refractivity contribution in [2.75, 3.05) is 13.2 Å². The van der Waals surface area contributed by atoms with Crippen molar-refractivity contribution in [3.63, 3.8) is 0 Å². The number of allylic oxidation sites excluding steroid dienone is 2. The molecule has 3 N–H and O–H groups in total. The Labute approximate surface area is 95.5 Å². The van der Waals surface area contributed by atoms with E-state index in [0.717, 1.165) is 12.5 Å². The summed E-state index contributed by atoms with van der Waals surface area (Å²) >= 11 is 0. The molecule has 0 spiro atoms. The number of ether oxygens (including phenoxy) is 1. The van der Waals surface area contributed by atoms with Crippen molar-refractivity contribution in [2.45, 2.75) is 25.3 Å². The van der Waals surface area contributed by atoms with Gasteiger partial charge in [0.2, 0.25) is 0 Å². The summed E-state index contributed by atoms with van der Waals surface area (Å²) in [4.78, 5) is 10.5. The van der Waals surface area contributed by atoms with Crippen LogP contribution in [0.1, 0.15) is 19.3 Å². The molecule has 4 nitrogen and oxygen atoms in total. The number of nitrogens with two attached hydrogens (primary N) is 1. The third-order valence-corrected chi connectivity index (χ3v) is 3.64. The smallest absolute Gasteiger partial charge is 0.320 e. The van der Waals surface area contributed by atoms with Crippen molar-refractivity contribution in [2.24, 2.45) is 23.5 Å². The molecule has 0 amide bonds. The SMILES string of the molecule is N[C@@H](CCOCC1CC2C=CC1C2)C(=O)O. The summed E-state index contributed by atoms with van der Waals surface area (Å²) in [5.74, 6) is 1.14. The van der Waals surface area contributed by atoms with Gasteiger partial charge < -0.3 is 15.6 Å². The summed E-state index contributed by atoms with van der Waals surface area (Å²) in [7, 11) is 0. The molecule has 2 aliphatic rings. The van der Waals surface area contributed by atoms with E-state index in [4.69, 9.17) is 15.6 Å². The van der Waals surface area contributed by atoms with Gasteiger partial charge in [0.15, 0.2) is 0 Å². The number of aliphatic carboxylic acids is 1. The highest BCUT2D eigenvalue weighted by Crippen LogP contribution is 2.43. The van der Waals surface area contributed by atoms with Crippen molar-refractivity contribution in [1.82, 2.24) is 0 Å². The van der Waals surface area contributed by atoms with Crippen LogP contribution in [0.2, 0.25) is 0 Å². The number of fused-ring (bicyclic) bond motifs is 2. The Morgan fingerprint density at radius 1 is 1.50 bits per heavy atom. The van der Waals surface area contributed by atoms with Gasteiger partial charge in [-0.05, 0) is 37.0 Å². The molecule has 2 bridgehead atoms. The van der Waals surface area contributed by atoms with Crippen LogP contribution >= 0.6 is 0 Å². The fourth-order valence-electron chi connectivity index (χ4n) is 2.65. The van der Waals surface area contributed by atoms with Gasteiger partial charge in [-0.2, -0.15) is 0 Å². The van der Waals surface area contributed by atoms with Gasteiger partial charge in [-0.15, -0.1) is 0 Å². The summed E-state index contributed by atoms with van der Waals surface area (Å²) in [6.07, 6.45) is 7.51.